The van der Waals surface area contributed by atoms with Gasteiger partial charge in [-0.2, -0.15) is 5.26 Å². The second-order valence-electron chi connectivity index (χ2n) is 5.16. The summed E-state index contributed by atoms with van der Waals surface area (Å²) in [5.41, 5.74) is 1.70. The average Bonchev–Trinajstić information content (AvgIpc) is 2.58. The number of nitrogens with zero attached hydrogens (tertiary/aromatic N) is 1. The Kier molecular flexibility index (Phi) is 5.67. The summed E-state index contributed by atoms with van der Waals surface area (Å²) < 4.78 is 10.8. The zero-order valence-corrected chi connectivity index (χ0v) is 14.3. The minimum absolute atomic E-state index is 0.359. The summed E-state index contributed by atoms with van der Waals surface area (Å²) in [6.07, 6.45) is -0.791. The Hall–Kier alpha value is -2.71. The van der Waals surface area contributed by atoms with Crippen molar-refractivity contribution in [2.24, 2.45) is 0 Å². The Bertz CT molecular complexity index is 799. The Morgan fingerprint density at radius 1 is 1.29 bits per heavy atom. The Morgan fingerprint density at radius 2 is 2.00 bits per heavy atom. The first-order valence-electron chi connectivity index (χ1n) is 7.27. The normalized spacial score (nSPS) is 11.3. The van der Waals surface area contributed by atoms with Gasteiger partial charge in [0.2, 0.25) is 0 Å². The topological polar surface area (TPSA) is 71.3 Å². The molecule has 1 N–H and O–H groups in total. The van der Waals surface area contributed by atoms with Gasteiger partial charge in [0.05, 0.1) is 18.4 Å². The number of anilines is 1. The summed E-state index contributed by atoms with van der Waals surface area (Å²) in [5, 5.41) is 12.4. The van der Waals surface area contributed by atoms with Crippen molar-refractivity contribution in [3.63, 3.8) is 0 Å². The van der Waals surface area contributed by atoms with Gasteiger partial charge in [0.1, 0.15) is 17.6 Å². The number of amides is 1. The van der Waals surface area contributed by atoms with Gasteiger partial charge in [0.15, 0.2) is 6.10 Å². The van der Waals surface area contributed by atoms with Gasteiger partial charge in [-0.05, 0) is 37.6 Å². The largest absolute Gasteiger partial charge is 0.495 e. The van der Waals surface area contributed by atoms with Crippen molar-refractivity contribution in [3.8, 4) is 17.6 Å². The zero-order chi connectivity index (χ0) is 17.7. The highest BCUT2D eigenvalue weighted by Gasteiger charge is 2.18. The van der Waals surface area contributed by atoms with Crippen LogP contribution in [0.15, 0.2) is 36.4 Å². The third-order valence-corrected chi connectivity index (χ3v) is 3.83. The molecule has 6 heteroatoms. The molecule has 124 valence electrons. The third-order valence-electron chi connectivity index (χ3n) is 3.42. The van der Waals surface area contributed by atoms with Crippen LogP contribution in [0.1, 0.15) is 18.1 Å². The molecule has 2 aromatic carbocycles. The number of nitriles is 1. The first-order chi connectivity index (χ1) is 11.5. The van der Waals surface area contributed by atoms with Crippen LogP contribution in [0.4, 0.5) is 5.69 Å². The quantitative estimate of drug-likeness (QED) is 0.891. The van der Waals surface area contributed by atoms with Gasteiger partial charge in [-0.15, -0.1) is 0 Å². The van der Waals surface area contributed by atoms with E-state index in [0.29, 0.717) is 27.8 Å². The van der Waals surface area contributed by atoms with E-state index < -0.39 is 6.10 Å². The number of hydrogen-bond acceptors (Lipinski definition) is 4. The fraction of sp³-hybridized carbons (Fsp3) is 0.222. The monoisotopic (exact) mass is 344 g/mol. The second kappa shape index (κ2) is 7.71. The number of ether oxygens (including phenoxy) is 2. The van der Waals surface area contributed by atoms with Crippen molar-refractivity contribution < 1.29 is 14.3 Å². The van der Waals surface area contributed by atoms with E-state index in [1.165, 1.54) is 7.11 Å². The minimum Gasteiger partial charge on any atom is -0.495 e. The Labute approximate surface area is 145 Å². The lowest BCUT2D eigenvalue weighted by Crippen LogP contribution is -2.30. The molecule has 0 saturated heterocycles. The van der Waals surface area contributed by atoms with E-state index >= 15 is 0 Å². The van der Waals surface area contributed by atoms with E-state index in [-0.39, 0.29) is 5.91 Å². The number of carbonyl (C=O) groups is 1. The smallest absolute Gasteiger partial charge is 0.265 e. The lowest BCUT2D eigenvalue weighted by atomic mass is 10.2. The zero-order valence-electron chi connectivity index (χ0n) is 13.6. The van der Waals surface area contributed by atoms with Crippen LogP contribution < -0.4 is 14.8 Å². The highest BCUT2D eigenvalue weighted by Crippen LogP contribution is 2.31. The molecule has 0 aromatic heterocycles. The average molecular weight is 345 g/mol. The summed E-state index contributed by atoms with van der Waals surface area (Å²) in [7, 11) is 1.50. The number of halogens is 1. The van der Waals surface area contributed by atoms with Crippen LogP contribution in [-0.4, -0.2) is 19.1 Å². The van der Waals surface area contributed by atoms with Gasteiger partial charge in [-0.3, -0.25) is 4.79 Å². The molecule has 0 heterocycles. The minimum atomic E-state index is -0.791. The molecule has 0 radical (unpaired) electrons. The van der Waals surface area contributed by atoms with E-state index in [1.807, 2.05) is 13.0 Å². The van der Waals surface area contributed by atoms with Crippen molar-refractivity contribution in [1.82, 2.24) is 0 Å². The van der Waals surface area contributed by atoms with Gasteiger partial charge >= 0.3 is 0 Å². The molecule has 5 nitrogen and oxygen atoms in total. The molecule has 0 saturated carbocycles. The lowest BCUT2D eigenvalue weighted by Gasteiger charge is -2.17. The van der Waals surface area contributed by atoms with Gasteiger partial charge in [-0.25, -0.2) is 0 Å². The van der Waals surface area contributed by atoms with E-state index in [4.69, 9.17) is 26.3 Å². The van der Waals surface area contributed by atoms with Gasteiger partial charge in [0, 0.05) is 11.1 Å². The molecule has 0 aliphatic carbocycles. The second-order valence-corrected chi connectivity index (χ2v) is 5.57. The molecule has 1 amide bonds. The van der Waals surface area contributed by atoms with Crippen LogP contribution in [0.2, 0.25) is 5.02 Å². The predicted octanol–water partition coefficient (Wildman–Crippen LogP) is 3.93. The number of benzene rings is 2. The molecule has 0 aliphatic rings. The van der Waals surface area contributed by atoms with Crippen LogP contribution in [-0.2, 0) is 4.79 Å². The predicted molar refractivity (Wildman–Crippen MR) is 92.6 cm³/mol. The molecular weight excluding hydrogens is 328 g/mol. The number of para-hydroxylation sites is 1. The summed E-state index contributed by atoms with van der Waals surface area (Å²) in [6.45, 7) is 3.44. The fourth-order valence-corrected chi connectivity index (χ4v) is 2.22. The summed E-state index contributed by atoms with van der Waals surface area (Å²) in [4.78, 5) is 12.4. The number of rotatable bonds is 5. The van der Waals surface area contributed by atoms with E-state index in [9.17, 15) is 4.79 Å². The molecule has 1 unspecified atom stereocenters. The number of nitrogens with one attached hydrogen (secondary N) is 1. The molecule has 2 rings (SSSR count). The maximum Gasteiger partial charge on any atom is 0.265 e. The first-order valence-corrected chi connectivity index (χ1v) is 7.64. The molecule has 24 heavy (non-hydrogen) atoms. The molecule has 0 aliphatic heterocycles. The van der Waals surface area contributed by atoms with Crippen molar-refractivity contribution >= 4 is 23.2 Å². The summed E-state index contributed by atoms with van der Waals surface area (Å²) >= 11 is 6.06. The molecule has 2 aromatic rings. The van der Waals surface area contributed by atoms with Gasteiger partial charge in [0.25, 0.3) is 5.91 Å². The van der Waals surface area contributed by atoms with Crippen LogP contribution >= 0.6 is 11.6 Å². The third kappa shape index (κ3) is 3.98. The number of carbonyl (C=O) groups excluding carboxylic acids is 1. The molecule has 0 fully saturated rings. The maximum atomic E-state index is 12.4. The van der Waals surface area contributed by atoms with Gasteiger partial charge in [-0.1, -0.05) is 23.7 Å². The van der Waals surface area contributed by atoms with E-state index in [1.54, 1.807) is 43.3 Å². The van der Waals surface area contributed by atoms with E-state index in [0.717, 1.165) is 5.56 Å². The van der Waals surface area contributed by atoms with E-state index in [2.05, 4.69) is 5.32 Å². The lowest BCUT2D eigenvalue weighted by molar-refractivity contribution is -0.122. The van der Waals surface area contributed by atoms with Gasteiger partial charge < -0.3 is 14.8 Å². The van der Waals surface area contributed by atoms with Crippen LogP contribution in [0.3, 0.4) is 0 Å². The summed E-state index contributed by atoms with van der Waals surface area (Å²) in [6, 6.07) is 12.2. The first kappa shape index (κ1) is 17.6. The van der Waals surface area contributed by atoms with Crippen molar-refractivity contribution in [1.29, 1.82) is 5.26 Å². The molecule has 0 bridgehead atoms. The SMILES string of the molecule is COc1cc(Cl)c(C)cc1NC(=O)C(C)Oc1ccccc1C#N. The summed E-state index contributed by atoms with van der Waals surface area (Å²) in [5.74, 6) is 0.466. The number of methoxy groups -OCH3 is 1. The van der Waals surface area contributed by atoms with Crippen LogP contribution in [0.25, 0.3) is 0 Å². The van der Waals surface area contributed by atoms with Crippen molar-refractivity contribution in [3.05, 3.63) is 52.5 Å². The van der Waals surface area contributed by atoms with Crippen LogP contribution in [0, 0.1) is 18.3 Å². The Morgan fingerprint density at radius 3 is 2.67 bits per heavy atom. The highest BCUT2D eigenvalue weighted by molar-refractivity contribution is 6.31. The standard InChI is InChI=1S/C18H17ClN2O3/c1-11-8-15(17(23-3)9-14(11)19)21-18(22)12(2)24-16-7-5-4-6-13(16)10-20/h4-9,12H,1-3H3,(H,21,22). The van der Waals surface area contributed by atoms with Crippen molar-refractivity contribution in [2.75, 3.05) is 12.4 Å². The highest BCUT2D eigenvalue weighted by atomic mass is 35.5. The fourth-order valence-electron chi connectivity index (χ4n) is 2.07. The number of hydrogen-bond donors (Lipinski definition) is 1. The molecular formula is C18H17ClN2O3. The molecule has 0 spiro atoms. The van der Waals surface area contributed by atoms with Crippen molar-refractivity contribution in [2.45, 2.75) is 20.0 Å². The van der Waals surface area contributed by atoms with Crippen LogP contribution in [0.5, 0.6) is 11.5 Å². The maximum absolute atomic E-state index is 12.4. The Balaban J connectivity index is 2.15. The molecule has 1 atom stereocenters. The number of aryl methyl sites for hydroxylation is 1.